The average molecular weight is 364 g/mol. The predicted molar refractivity (Wildman–Crippen MR) is 96.3 cm³/mol. The standard InChI is InChI=1S/C16H15Cl3.CH3Cl/c1-11-3-7-13(8-4-11)15(16(17,18)19)14-9-5-12(2)6-10-14;1-2/h3-10,15H,1-2H3;1H3. The Morgan fingerprint density at radius 1 is 0.667 bits per heavy atom. The molecule has 21 heavy (non-hydrogen) atoms. The molecule has 114 valence electrons. The Morgan fingerprint density at radius 3 is 1.19 bits per heavy atom. The molecule has 0 nitrogen and oxygen atoms in total. The Morgan fingerprint density at radius 2 is 0.952 bits per heavy atom. The summed E-state index contributed by atoms with van der Waals surface area (Å²) >= 11 is 23.2. The number of hydrogen-bond donors (Lipinski definition) is 0. The maximum atomic E-state index is 6.18. The van der Waals surface area contributed by atoms with Gasteiger partial charge in [0.2, 0.25) is 3.79 Å². The molecule has 0 aliphatic heterocycles. The number of benzene rings is 2. The van der Waals surface area contributed by atoms with Crippen LogP contribution in [-0.2, 0) is 0 Å². The molecule has 0 fully saturated rings. The van der Waals surface area contributed by atoms with Gasteiger partial charge in [-0.2, -0.15) is 0 Å². The van der Waals surface area contributed by atoms with Gasteiger partial charge in [-0.25, -0.2) is 0 Å². The minimum absolute atomic E-state index is 0.265. The maximum absolute atomic E-state index is 6.18. The van der Waals surface area contributed by atoms with E-state index in [0.717, 1.165) is 11.1 Å². The maximum Gasteiger partial charge on any atom is 0.201 e. The van der Waals surface area contributed by atoms with Crippen LogP contribution < -0.4 is 0 Å². The smallest absolute Gasteiger partial charge is 0.130 e. The van der Waals surface area contributed by atoms with Gasteiger partial charge in [-0.15, -0.1) is 11.6 Å². The third kappa shape index (κ3) is 5.38. The lowest BCUT2D eigenvalue weighted by Gasteiger charge is -2.25. The van der Waals surface area contributed by atoms with Gasteiger partial charge in [-0.05, 0) is 25.0 Å². The van der Waals surface area contributed by atoms with E-state index in [0.29, 0.717) is 0 Å². The van der Waals surface area contributed by atoms with E-state index in [1.54, 1.807) is 0 Å². The lowest BCUT2D eigenvalue weighted by molar-refractivity contribution is 0.838. The second-order valence-corrected chi connectivity index (χ2v) is 7.16. The van der Waals surface area contributed by atoms with Crippen LogP contribution in [0.1, 0.15) is 28.2 Å². The van der Waals surface area contributed by atoms with E-state index in [1.165, 1.54) is 17.5 Å². The minimum atomic E-state index is -1.37. The summed E-state index contributed by atoms with van der Waals surface area (Å²) in [5.41, 5.74) is 4.40. The fraction of sp³-hybridized carbons (Fsp3) is 0.294. The van der Waals surface area contributed by atoms with E-state index in [4.69, 9.17) is 34.8 Å². The van der Waals surface area contributed by atoms with Crippen molar-refractivity contribution in [3.63, 3.8) is 0 Å². The highest BCUT2D eigenvalue weighted by Crippen LogP contribution is 2.45. The molecule has 2 aromatic carbocycles. The third-order valence-electron chi connectivity index (χ3n) is 3.15. The zero-order chi connectivity index (χ0) is 16.0. The molecule has 0 spiro atoms. The first-order valence-corrected chi connectivity index (χ1v) is 8.34. The SMILES string of the molecule is CCl.Cc1ccc(C(c2ccc(C)cc2)C(Cl)(Cl)Cl)cc1. The first-order chi connectivity index (χ1) is 9.88. The first-order valence-electron chi connectivity index (χ1n) is 6.45. The molecule has 0 radical (unpaired) electrons. The van der Waals surface area contributed by atoms with Gasteiger partial charge >= 0.3 is 0 Å². The second-order valence-electron chi connectivity index (χ2n) is 4.80. The fourth-order valence-electron chi connectivity index (χ4n) is 2.09. The molecule has 0 saturated heterocycles. The van der Waals surface area contributed by atoms with Gasteiger partial charge in [-0.1, -0.05) is 94.5 Å². The van der Waals surface area contributed by atoms with Crippen molar-refractivity contribution in [2.45, 2.75) is 23.6 Å². The van der Waals surface area contributed by atoms with E-state index < -0.39 is 3.79 Å². The van der Waals surface area contributed by atoms with Crippen molar-refractivity contribution in [3.8, 4) is 0 Å². The van der Waals surface area contributed by atoms with Gasteiger partial charge in [0.1, 0.15) is 0 Å². The number of halogens is 4. The van der Waals surface area contributed by atoms with Crippen molar-refractivity contribution < 1.29 is 0 Å². The molecule has 0 N–H and O–H groups in total. The number of rotatable bonds is 2. The summed E-state index contributed by atoms with van der Waals surface area (Å²) in [6, 6.07) is 16.2. The van der Waals surface area contributed by atoms with E-state index in [-0.39, 0.29) is 5.92 Å². The van der Waals surface area contributed by atoms with E-state index >= 15 is 0 Å². The Hall–Kier alpha value is -0.400. The highest BCUT2D eigenvalue weighted by atomic mass is 35.6. The van der Waals surface area contributed by atoms with Gasteiger partial charge in [0.25, 0.3) is 0 Å². The lowest BCUT2D eigenvalue weighted by Crippen LogP contribution is -2.18. The van der Waals surface area contributed by atoms with E-state index in [1.807, 2.05) is 62.4 Å². The molecule has 0 amide bonds. The van der Waals surface area contributed by atoms with Crippen molar-refractivity contribution in [2.75, 3.05) is 6.38 Å². The van der Waals surface area contributed by atoms with Crippen molar-refractivity contribution in [2.24, 2.45) is 0 Å². The van der Waals surface area contributed by atoms with Gasteiger partial charge in [0.15, 0.2) is 0 Å². The molecule has 4 heteroatoms. The Labute approximate surface area is 147 Å². The Bertz CT molecular complexity index is 493. The summed E-state index contributed by atoms with van der Waals surface area (Å²) < 4.78 is -1.37. The zero-order valence-corrected chi connectivity index (χ0v) is 15.2. The summed E-state index contributed by atoms with van der Waals surface area (Å²) in [7, 11) is 0. The highest BCUT2D eigenvalue weighted by molar-refractivity contribution is 6.68. The molecule has 0 atom stereocenters. The first kappa shape index (κ1) is 18.6. The number of hydrogen-bond acceptors (Lipinski definition) is 0. The van der Waals surface area contributed by atoms with E-state index in [2.05, 4.69) is 11.6 Å². The Kier molecular flexibility index (Phi) is 7.36. The molecule has 0 saturated carbocycles. The van der Waals surface area contributed by atoms with Crippen molar-refractivity contribution >= 4 is 46.4 Å². The highest BCUT2D eigenvalue weighted by Gasteiger charge is 2.35. The van der Waals surface area contributed by atoms with Gasteiger partial charge in [0, 0.05) is 6.38 Å². The van der Waals surface area contributed by atoms with Crippen molar-refractivity contribution in [3.05, 3.63) is 70.8 Å². The van der Waals surface area contributed by atoms with E-state index in [9.17, 15) is 0 Å². The quantitative estimate of drug-likeness (QED) is 0.523. The summed E-state index contributed by atoms with van der Waals surface area (Å²) in [6.07, 6.45) is 1.47. The van der Waals surface area contributed by atoms with Crippen LogP contribution in [0.3, 0.4) is 0 Å². The summed E-state index contributed by atoms with van der Waals surface area (Å²) in [6.45, 7) is 4.08. The predicted octanol–water partition coefficient (Wildman–Crippen LogP) is 6.66. The van der Waals surface area contributed by atoms with Crippen LogP contribution in [0.25, 0.3) is 0 Å². The molecule has 2 aromatic rings. The monoisotopic (exact) mass is 362 g/mol. The van der Waals surface area contributed by atoms with Crippen LogP contribution in [0.2, 0.25) is 0 Å². The molecule has 2 rings (SSSR count). The van der Waals surface area contributed by atoms with Crippen LogP contribution >= 0.6 is 46.4 Å². The normalized spacial score (nSPS) is 11.0. The van der Waals surface area contributed by atoms with Crippen molar-refractivity contribution in [1.82, 2.24) is 0 Å². The topological polar surface area (TPSA) is 0 Å². The Balaban J connectivity index is 0.00000106. The average Bonchev–Trinajstić information content (AvgIpc) is 2.44. The summed E-state index contributed by atoms with van der Waals surface area (Å²) in [4.78, 5) is 0. The minimum Gasteiger partial charge on any atom is -0.130 e. The molecule has 0 aliphatic carbocycles. The molecule has 0 heterocycles. The summed E-state index contributed by atoms with van der Waals surface area (Å²) in [5.74, 6) is -0.265. The fourth-order valence-corrected chi connectivity index (χ4v) is 2.84. The van der Waals surface area contributed by atoms with Crippen molar-refractivity contribution in [1.29, 1.82) is 0 Å². The number of aryl methyl sites for hydroxylation is 2. The zero-order valence-electron chi connectivity index (χ0n) is 12.2. The second kappa shape index (κ2) is 8.29. The molecule has 0 bridgehead atoms. The van der Waals surface area contributed by atoms with Crippen LogP contribution in [0, 0.1) is 13.8 Å². The summed E-state index contributed by atoms with van der Waals surface area (Å²) in [5, 5.41) is 0. The van der Waals surface area contributed by atoms with Gasteiger partial charge < -0.3 is 0 Å². The third-order valence-corrected chi connectivity index (χ3v) is 3.80. The van der Waals surface area contributed by atoms with Crippen LogP contribution in [0.4, 0.5) is 0 Å². The lowest BCUT2D eigenvalue weighted by atomic mass is 9.91. The van der Waals surface area contributed by atoms with Crippen LogP contribution in [-0.4, -0.2) is 10.2 Å². The van der Waals surface area contributed by atoms with Gasteiger partial charge in [-0.3, -0.25) is 0 Å². The molecule has 0 aromatic heterocycles. The van der Waals surface area contributed by atoms with Crippen LogP contribution in [0.15, 0.2) is 48.5 Å². The molecule has 0 unspecified atom stereocenters. The van der Waals surface area contributed by atoms with Gasteiger partial charge in [0.05, 0.1) is 5.92 Å². The molecular weight excluding hydrogens is 346 g/mol. The number of alkyl halides is 4. The van der Waals surface area contributed by atoms with Crippen LogP contribution in [0.5, 0.6) is 0 Å². The largest absolute Gasteiger partial charge is 0.201 e. The molecular formula is C17H18Cl4. The molecule has 0 aliphatic rings.